The van der Waals surface area contributed by atoms with Crippen LogP contribution in [0.3, 0.4) is 0 Å². The largest absolute Gasteiger partial charge is 0.504 e. The highest BCUT2D eigenvalue weighted by Gasteiger charge is 2.15. The minimum Gasteiger partial charge on any atom is -0.504 e. The summed E-state index contributed by atoms with van der Waals surface area (Å²) in [5, 5.41) is 14.3. The highest BCUT2D eigenvalue weighted by atomic mass is 16.5. The molecule has 1 amide bonds. The molecule has 0 bridgehead atoms. The molecule has 0 radical (unpaired) electrons. The number of fused-ring (bicyclic) bond motifs is 3. The molecule has 8 heteroatoms. The molecular weight excluding hydrogens is 426 g/mol. The number of carbonyl (C=O) groups excluding carboxylic acids is 2. The normalized spacial score (nSPS) is 10.8. The van der Waals surface area contributed by atoms with Gasteiger partial charge in [-0.15, -0.1) is 0 Å². The van der Waals surface area contributed by atoms with Gasteiger partial charge in [0.1, 0.15) is 16.9 Å². The van der Waals surface area contributed by atoms with Crippen LogP contribution in [0.1, 0.15) is 12.0 Å². The monoisotopic (exact) mass is 449 g/mol. The molecule has 0 unspecified atom stereocenters. The van der Waals surface area contributed by atoms with E-state index >= 15 is 0 Å². The number of hydrogen-bond acceptors (Lipinski definition) is 7. The van der Waals surface area contributed by atoms with Gasteiger partial charge < -0.3 is 29.1 Å². The summed E-state index contributed by atoms with van der Waals surface area (Å²) < 4.78 is 21.3. The van der Waals surface area contributed by atoms with Gasteiger partial charge in [0.05, 0.1) is 19.9 Å². The number of para-hydroxylation sites is 1. The van der Waals surface area contributed by atoms with E-state index in [9.17, 15) is 14.7 Å². The summed E-state index contributed by atoms with van der Waals surface area (Å²) in [6.07, 6.45) is 0.419. The molecule has 1 aromatic heterocycles. The number of phenolic OH excluding ortho intramolecular Hbond substituents is 1. The van der Waals surface area contributed by atoms with Gasteiger partial charge in [0.2, 0.25) is 0 Å². The molecule has 0 aliphatic heterocycles. The van der Waals surface area contributed by atoms with E-state index in [0.717, 1.165) is 21.9 Å². The Kier molecular flexibility index (Phi) is 6.35. The van der Waals surface area contributed by atoms with Gasteiger partial charge >= 0.3 is 5.97 Å². The van der Waals surface area contributed by atoms with Crippen molar-refractivity contribution >= 4 is 39.5 Å². The number of aromatic hydroxyl groups is 1. The molecule has 33 heavy (non-hydrogen) atoms. The van der Waals surface area contributed by atoms with E-state index < -0.39 is 18.5 Å². The number of amides is 1. The number of anilines is 1. The van der Waals surface area contributed by atoms with E-state index in [4.69, 9.17) is 18.6 Å². The van der Waals surface area contributed by atoms with E-state index in [1.807, 2.05) is 24.3 Å². The van der Waals surface area contributed by atoms with Crippen molar-refractivity contribution in [1.82, 2.24) is 0 Å². The Balaban J connectivity index is 1.35. The maximum atomic E-state index is 12.4. The van der Waals surface area contributed by atoms with Gasteiger partial charge in [0.25, 0.3) is 5.91 Å². The average molecular weight is 449 g/mol. The molecule has 0 aliphatic carbocycles. The van der Waals surface area contributed by atoms with E-state index in [1.54, 1.807) is 24.3 Å². The van der Waals surface area contributed by atoms with E-state index in [2.05, 4.69) is 5.32 Å². The van der Waals surface area contributed by atoms with E-state index in [-0.39, 0.29) is 12.2 Å². The predicted molar refractivity (Wildman–Crippen MR) is 123 cm³/mol. The molecule has 3 aromatic carbocycles. The van der Waals surface area contributed by atoms with Crippen molar-refractivity contribution in [3.63, 3.8) is 0 Å². The quantitative estimate of drug-likeness (QED) is 0.383. The van der Waals surface area contributed by atoms with Crippen LogP contribution >= 0.6 is 0 Å². The number of esters is 1. The fourth-order valence-electron chi connectivity index (χ4n) is 3.56. The van der Waals surface area contributed by atoms with Crippen molar-refractivity contribution in [2.75, 3.05) is 26.1 Å². The van der Waals surface area contributed by atoms with Crippen LogP contribution in [-0.2, 0) is 20.7 Å². The Morgan fingerprint density at radius 2 is 1.73 bits per heavy atom. The summed E-state index contributed by atoms with van der Waals surface area (Å²) in [4.78, 5) is 24.4. The lowest BCUT2D eigenvalue weighted by Crippen LogP contribution is -2.21. The molecule has 0 saturated carbocycles. The maximum Gasteiger partial charge on any atom is 0.306 e. The van der Waals surface area contributed by atoms with Gasteiger partial charge in [-0.05, 0) is 36.2 Å². The van der Waals surface area contributed by atoms with Gasteiger partial charge in [-0.1, -0.05) is 24.3 Å². The summed E-state index contributed by atoms with van der Waals surface area (Å²) in [7, 11) is 2.97. The predicted octanol–water partition coefficient (Wildman–Crippen LogP) is 4.42. The van der Waals surface area contributed by atoms with Gasteiger partial charge in [0, 0.05) is 23.3 Å². The standard InChI is InChI=1S/C25H23NO7/c1-30-21-9-7-15(11-19(21)27)8-10-25(29)32-14-24(28)26-18-13-22-17(12-23(18)31-2)16-5-3-4-6-20(16)33-22/h3-7,9,11-13,27H,8,10,14H2,1-2H3,(H,26,28). The molecule has 4 rings (SSSR count). The number of rotatable bonds is 8. The SMILES string of the molecule is COc1ccc(CCC(=O)OCC(=O)Nc2cc3oc4ccccc4c3cc2OC)cc1O. The summed E-state index contributed by atoms with van der Waals surface area (Å²) >= 11 is 0. The molecule has 8 nitrogen and oxygen atoms in total. The van der Waals surface area contributed by atoms with Crippen LogP contribution < -0.4 is 14.8 Å². The van der Waals surface area contributed by atoms with E-state index in [1.165, 1.54) is 20.3 Å². The van der Waals surface area contributed by atoms with Crippen molar-refractivity contribution in [1.29, 1.82) is 0 Å². The number of benzene rings is 3. The zero-order chi connectivity index (χ0) is 23.4. The second-order valence-electron chi connectivity index (χ2n) is 7.36. The van der Waals surface area contributed by atoms with Gasteiger partial charge in [-0.3, -0.25) is 9.59 Å². The fraction of sp³-hybridized carbons (Fsp3) is 0.200. The first-order valence-corrected chi connectivity index (χ1v) is 10.3. The highest BCUT2D eigenvalue weighted by Crippen LogP contribution is 2.36. The molecular formula is C25H23NO7. The molecule has 1 heterocycles. The topological polar surface area (TPSA) is 107 Å². The molecule has 0 fully saturated rings. The van der Waals surface area contributed by atoms with E-state index in [0.29, 0.717) is 29.2 Å². The lowest BCUT2D eigenvalue weighted by molar-refractivity contribution is -0.147. The van der Waals surface area contributed by atoms with Crippen molar-refractivity contribution in [3.8, 4) is 17.2 Å². The smallest absolute Gasteiger partial charge is 0.306 e. The molecule has 4 aromatic rings. The van der Waals surface area contributed by atoms with Crippen LogP contribution in [0.25, 0.3) is 21.9 Å². The minimum absolute atomic E-state index is 0.00175. The maximum absolute atomic E-state index is 12.4. The fourth-order valence-corrected chi connectivity index (χ4v) is 3.56. The van der Waals surface area contributed by atoms with Crippen molar-refractivity contribution < 1.29 is 33.3 Å². The lowest BCUT2D eigenvalue weighted by Gasteiger charge is -2.11. The second kappa shape index (κ2) is 9.52. The summed E-state index contributed by atoms with van der Waals surface area (Å²) in [6, 6.07) is 16.0. The lowest BCUT2D eigenvalue weighted by atomic mass is 10.1. The van der Waals surface area contributed by atoms with Crippen LogP contribution in [0.5, 0.6) is 17.2 Å². The number of furan rings is 1. The molecule has 0 saturated heterocycles. The van der Waals surface area contributed by atoms with Crippen LogP contribution in [-0.4, -0.2) is 37.8 Å². The van der Waals surface area contributed by atoms with Crippen LogP contribution in [0, 0.1) is 0 Å². The molecule has 170 valence electrons. The number of hydrogen-bond donors (Lipinski definition) is 2. The Labute approximate surface area is 189 Å². The van der Waals surface area contributed by atoms with Gasteiger partial charge in [0.15, 0.2) is 18.1 Å². The number of carbonyl (C=O) groups is 2. The van der Waals surface area contributed by atoms with Crippen molar-refractivity contribution in [2.45, 2.75) is 12.8 Å². The van der Waals surface area contributed by atoms with Crippen molar-refractivity contribution in [3.05, 3.63) is 60.2 Å². The third-order valence-electron chi connectivity index (χ3n) is 5.20. The third-order valence-corrected chi connectivity index (χ3v) is 5.20. The van der Waals surface area contributed by atoms with Gasteiger partial charge in [-0.2, -0.15) is 0 Å². The highest BCUT2D eigenvalue weighted by molar-refractivity contribution is 6.07. The van der Waals surface area contributed by atoms with Crippen molar-refractivity contribution in [2.24, 2.45) is 0 Å². The number of methoxy groups -OCH3 is 2. The third kappa shape index (κ3) is 4.85. The number of nitrogens with one attached hydrogen (secondary N) is 1. The minimum atomic E-state index is -0.528. The number of phenols is 1. The molecule has 2 N–H and O–H groups in total. The summed E-state index contributed by atoms with van der Waals surface area (Å²) in [5.41, 5.74) is 2.50. The average Bonchev–Trinajstić information content (AvgIpc) is 3.18. The first-order chi connectivity index (χ1) is 16.0. The van der Waals surface area contributed by atoms with Gasteiger partial charge in [-0.25, -0.2) is 0 Å². The molecule has 0 atom stereocenters. The van der Waals surface area contributed by atoms with Crippen LogP contribution in [0.15, 0.2) is 59.0 Å². The Morgan fingerprint density at radius 1 is 0.939 bits per heavy atom. The van der Waals surface area contributed by atoms with Crippen LogP contribution in [0.2, 0.25) is 0 Å². The Morgan fingerprint density at radius 3 is 2.48 bits per heavy atom. The van der Waals surface area contributed by atoms with Crippen LogP contribution in [0.4, 0.5) is 5.69 Å². The summed E-state index contributed by atoms with van der Waals surface area (Å²) in [6.45, 7) is -0.436. The molecule has 0 spiro atoms. The second-order valence-corrected chi connectivity index (χ2v) is 7.36. The Bertz CT molecular complexity index is 1330. The zero-order valence-electron chi connectivity index (χ0n) is 18.2. The zero-order valence-corrected chi connectivity index (χ0v) is 18.2. The molecule has 0 aliphatic rings. The summed E-state index contributed by atoms with van der Waals surface area (Å²) in [5.74, 6) is -0.209. The number of aryl methyl sites for hydroxylation is 1. The first-order valence-electron chi connectivity index (χ1n) is 10.3. The first kappa shape index (κ1) is 22.0. The number of ether oxygens (including phenoxy) is 3. The Hall–Kier alpha value is -4.20.